The molecule has 0 aliphatic heterocycles. The Kier molecular flexibility index (Phi) is 5.58. The third-order valence-electron chi connectivity index (χ3n) is 3.93. The summed E-state index contributed by atoms with van der Waals surface area (Å²) < 4.78 is 0. The van der Waals surface area contributed by atoms with Crippen LogP contribution in [0.2, 0.25) is 0 Å². The van der Waals surface area contributed by atoms with Gasteiger partial charge in [0.2, 0.25) is 0 Å². The number of nitrogens with zero attached hydrogens (tertiary/aromatic N) is 1. The lowest BCUT2D eigenvalue weighted by molar-refractivity contribution is 0.257. The van der Waals surface area contributed by atoms with Crippen LogP contribution in [-0.2, 0) is 0 Å². The van der Waals surface area contributed by atoms with Gasteiger partial charge in [0.15, 0.2) is 0 Å². The summed E-state index contributed by atoms with van der Waals surface area (Å²) in [7, 11) is 4.17. The van der Waals surface area contributed by atoms with Crippen molar-refractivity contribution in [2.24, 2.45) is 10.8 Å². The summed E-state index contributed by atoms with van der Waals surface area (Å²) in [5.41, 5.74) is 1.96. The molecule has 0 saturated heterocycles. The normalized spacial score (nSPS) is 12.7. The molecular formula is C15H31N. The van der Waals surface area contributed by atoms with Crippen molar-refractivity contribution in [1.82, 2.24) is 4.90 Å². The first-order valence-electron chi connectivity index (χ1n) is 6.49. The van der Waals surface area contributed by atoms with Crippen molar-refractivity contribution in [3.63, 3.8) is 0 Å². The molecule has 0 aliphatic carbocycles. The molecule has 0 bridgehead atoms. The molecule has 0 radical (unpaired) electrons. The molecule has 0 rings (SSSR count). The van der Waals surface area contributed by atoms with Gasteiger partial charge in [-0.2, -0.15) is 0 Å². The van der Waals surface area contributed by atoms with Crippen LogP contribution in [0.4, 0.5) is 0 Å². The molecular weight excluding hydrogens is 194 g/mol. The van der Waals surface area contributed by atoms with Gasteiger partial charge in [-0.3, -0.25) is 0 Å². The van der Waals surface area contributed by atoms with Crippen LogP contribution in [0.5, 0.6) is 0 Å². The fraction of sp³-hybridized carbons (Fsp3) is 0.867. The predicted molar refractivity (Wildman–Crippen MR) is 74.5 cm³/mol. The van der Waals surface area contributed by atoms with Gasteiger partial charge < -0.3 is 4.90 Å². The minimum Gasteiger partial charge on any atom is -0.381 e. The molecule has 0 spiro atoms. The average Bonchev–Trinajstić information content (AvgIpc) is 2.15. The van der Waals surface area contributed by atoms with Crippen LogP contribution in [0.15, 0.2) is 12.3 Å². The lowest BCUT2D eigenvalue weighted by atomic mass is 9.79. The Morgan fingerprint density at radius 1 is 1.06 bits per heavy atom. The van der Waals surface area contributed by atoms with Crippen LogP contribution in [0.1, 0.15) is 60.3 Å². The predicted octanol–water partition coefficient (Wildman–Crippen LogP) is 4.69. The summed E-state index contributed by atoms with van der Waals surface area (Å²) >= 11 is 0. The van der Waals surface area contributed by atoms with Gasteiger partial charge in [-0.15, -0.1) is 0 Å². The summed E-state index contributed by atoms with van der Waals surface area (Å²) in [4.78, 5) is 2.14. The Morgan fingerprint density at radius 2 is 1.56 bits per heavy atom. The van der Waals surface area contributed by atoms with E-state index >= 15 is 0 Å². The second-order valence-electron chi connectivity index (χ2n) is 6.60. The summed E-state index contributed by atoms with van der Waals surface area (Å²) in [5, 5.41) is 0. The largest absolute Gasteiger partial charge is 0.381 e. The Hall–Kier alpha value is -0.460. The quantitative estimate of drug-likeness (QED) is 0.607. The number of rotatable bonds is 7. The van der Waals surface area contributed by atoms with Crippen LogP contribution >= 0.6 is 0 Å². The minimum absolute atomic E-state index is 0.229. The second-order valence-corrected chi connectivity index (χ2v) is 6.60. The lowest BCUT2D eigenvalue weighted by Gasteiger charge is -2.33. The molecule has 0 aliphatic rings. The van der Waals surface area contributed by atoms with Gasteiger partial charge >= 0.3 is 0 Å². The maximum Gasteiger partial charge on any atom is 0.0112 e. The molecule has 0 aromatic heterocycles. The van der Waals surface area contributed by atoms with Crippen LogP contribution in [0.3, 0.4) is 0 Å². The molecule has 1 heteroatoms. The van der Waals surface area contributed by atoms with E-state index in [1.165, 1.54) is 31.4 Å². The van der Waals surface area contributed by atoms with Crippen molar-refractivity contribution in [1.29, 1.82) is 0 Å². The second kappa shape index (κ2) is 5.75. The summed E-state index contributed by atoms with van der Waals surface area (Å²) in [5.74, 6) is 0. The highest BCUT2D eigenvalue weighted by Crippen LogP contribution is 2.35. The zero-order valence-electron chi connectivity index (χ0n) is 12.5. The van der Waals surface area contributed by atoms with Crippen molar-refractivity contribution < 1.29 is 0 Å². The Balaban J connectivity index is 4.15. The average molecular weight is 225 g/mol. The molecule has 0 atom stereocenters. The van der Waals surface area contributed by atoms with E-state index in [2.05, 4.69) is 60.2 Å². The van der Waals surface area contributed by atoms with Gasteiger partial charge in [0.25, 0.3) is 0 Å². The molecule has 96 valence electrons. The third-order valence-corrected chi connectivity index (χ3v) is 3.93. The Labute approximate surface area is 103 Å². The molecule has 0 N–H and O–H groups in total. The van der Waals surface area contributed by atoms with Gasteiger partial charge in [-0.25, -0.2) is 0 Å². The maximum atomic E-state index is 4.19. The van der Waals surface area contributed by atoms with E-state index in [1.807, 2.05) is 0 Å². The minimum atomic E-state index is 0.229. The number of hydrogen-bond acceptors (Lipinski definition) is 1. The lowest BCUT2D eigenvalue weighted by Crippen LogP contribution is -2.25. The van der Waals surface area contributed by atoms with E-state index in [-0.39, 0.29) is 5.41 Å². The molecule has 1 nitrogen and oxygen atoms in total. The molecule has 0 unspecified atom stereocenters. The molecule has 0 amide bonds. The Morgan fingerprint density at radius 3 is 1.94 bits per heavy atom. The standard InChI is InChI=1S/C15H31N/c1-9-14(3,4)11-10-12-15(5,6)13(2)16(7)8/h2,9-12H2,1,3-8H3. The van der Waals surface area contributed by atoms with Crippen LogP contribution in [0.25, 0.3) is 0 Å². The van der Waals surface area contributed by atoms with E-state index in [0.717, 1.165) is 0 Å². The SMILES string of the molecule is C=C(N(C)C)C(C)(C)CCCC(C)(C)CC. The summed E-state index contributed by atoms with van der Waals surface area (Å²) in [6.07, 6.45) is 5.10. The van der Waals surface area contributed by atoms with E-state index < -0.39 is 0 Å². The van der Waals surface area contributed by atoms with E-state index in [9.17, 15) is 0 Å². The van der Waals surface area contributed by atoms with E-state index in [4.69, 9.17) is 0 Å². The number of hydrogen-bond donors (Lipinski definition) is 0. The highest BCUT2D eigenvalue weighted by Gasteiger charge is 2.24. The van der Waals surface area contributed by atoms with Crippen molar-refractivity contribution in [2.75, 3.05) is 14.1 Å². The highest BCUT2D eigenvalue weighted by atomic mass is 15.1. The van der Waals surface area contributed by atoms with Crippen LogP contribution < -0.4 is 0 Å². The van der Waals surface area contributed by atoms with Crippen LogP contribution in [-0.4, -0.2) is 19.0 Å². The molecule has 16 heavy (non-hydrogen) atoms. The van der Waals surface area contributed by atoms with E-state index in [1.54, 1.807) is 0 Å². The molecule has 0 heterocycles. The maximum absolute atomic E-state index is 4.19. The molecule has 0 saturated carbocycles. The van der Waals surface area contributed by atoms with Crippen molar-refractivity contribution >= 4 is 0 Å². The smallest absolute Gasteiger partial charge is 0.0112 e. The summed E-state index contributed by atoms with van der Waals surface area (Å²) in [6.45, 7) is 15.8. The third kappa shape index (κ3) is 5.05. The molecule has 0 fully saturated rings. The van der Waals surface area contributed by atoms with E-state index in [0.29, 0.717) is 5.41 Å². The van der Waals surface area contributed by atoms with Gasteiger partial charge in [-0.1, -0.05) is 54.0 Å². The first kappa shape index (κ1) is 15.5. The van der Waals surface area contributed by atoms with Crippen molar-refractivity contribution in [3.8, 4) is 0 Å². The van der Waals surface area contributed by atoms with Crippen LogP contribution in [0, 0.1) is 10.8 Å². The molecule has 0 aromatic rings. The van der Waals surface area contributed by atoms with Gasteiger partial charge in [0.1, 0.15) is 0 Å². The fourth-order valence-electron chi connectivity index (χ4n) is 1.94. The zero-order chi connectivity index (χ0) is 13.0. The van der Waals surface area contributed by atoms with Crippen molar-refractivity contribution in [3.05, 3.63) is 12.3 Å². The zero-order valence-corrected chi connectivity index (χ0v) is 12.5. The monoisotopic (exact) mass is 225 g/mol. The fourth-order valence-corrected chi connectivity index (χ4v) is 1.94. The Bertz CT molecular complexity index is 224. The topological polar surface area (TPSA) is 3.24 Å². The summed E-state index contributed by atoms with van der Waals surface area (Å²) in [6, 6.07) is 0. The highest BCUT2D eigenvalue weighted by molar-refractivity contribution is 5.04. The number of allylic oxidation sites excluding steroid dienone is 1. The van der Waals surface area contributed by atoms with Gasteiger partial charge in [0.05, 0.1) is 0 Å². The first-order valence-corrected chi connectivity index (χ1v) is 6.49. The molecule has 0 aromatic carbocycles. The van der Waals surface area contributed by atoms with Crippen molar-refractivity contribution in [2.45, 2.75) is 60.3 Å². The van der Waals surface area contributed by atoms with Gasteiger partial charge in [-0.05, 0) is 18.3 Å². The van der Waals surface area contributed by atoms with Gasteiger partial charge in [0, 0.05) is 25.2 Å². The first-order chi connectivity index (χ1) is 7.12.